The molecule has 5 heterocycles. The van der Waals surface area contributed by atoms with Crippen LogP contribution in [0.2, 0.25) is 0 Å². The molecule has 5 aliphatic heterocycles. The van der Waals surface area contributed by atoms with Crippen molar-refractivity contribution in [3.05, 3.63) is 0 Å². The molecule has 0 aliphatic carbocycles. The van der Waals surface area contributed by atoms with Gasteiger partial charge in [-0.1, -0.05) is 12.8 Å². The van der Waals surface area contributed by atoms with Crippen LogP contribution in [0.25, 0.3) is 0 Å². The summed E-state index contributed by atoms with van der Waals surface area (Å²) in [5.74, 6) is -1.56. The van der Waals surface area contributed by atoms with Crippen LogP contribution in [0.3, 0.4) is 0 Å². The van der Waals surface area contributed by atoms with Gasteiger partial charge in [0, 0.05) is 17.5 Å². The first-order valence-corrected chi connectivity index (χ1v) is 23.4. The van der Waals surface area contributed by atoms with Crippen LogP contribution in [0.1, 0.15) is 51.4 Å². The minimum absolute atomic E-state index is 0. The number of amides is 2. The van der Waals surface area contributed by atoms with Gasteiger partial charge in [0.05, 0.1) is 38.4 Å². The molecular formula is C36H58N4Na2O23S2. The van der Waals surface area contributed by atoms with Gasteiger partial charge in [0.2, 0.25) is 0 Å². The Morgan fingerprint density at radius 1 is 0.746 bits per heavy atom. The molecule has 67 heavy (non-hydrogen) atoms. The number of thioether (sulfide) groups is 1. The van der Waals surface area contributed by atoms with E-state index < -0.39 is 128 Å². The molecule has 31 heteroatoms. The fourth-order valence-electron chi connectivity index (χ4n) is 7.82. The predicted octanol–water partition coefficient (Wildman–Crippen LogP) is -12.8. The smallest absolute Gasteiger partial charge is 0.862 e. The van der Waals surface area contributed by atoms with Crippen LogP contribution in [0, 0.1) is 0 Å². The maximum absolute atomic E-state index is 12.4. The van der Waals surface area contributed by atoms with Crippen molar-refractivity contribution in [1.82, 2.24) is 10.6 Å². The molecule has 18 atom stereocenters. The van der Waals surface area contributed by atoms with Crippen molar-refractivity contribution >= 4 is 46.0 Å². The van der Waals surface area contributed by atoms with E-state index in [4.69, 9.17) is 33.0 Å². The van der Waals surface area contributed by atoms with Crippen LogP contribution in [-0.4, -0.2) is 231 Å². The van der Waals surface area contributed by atoms with Gasteiger partial charge < -0.3 is 105 Å². The van der Waals surface area contributed by atoms with Gasteiger partial charge in [-0.25, -0.2) is 13.8 Å². The van der Waals surface area contributed by atoms with E-state index in [9.17, 15) is 74.2 Å². The number of urea groups is 1. The van der Waals surface area contributed by atoms with Gasteiger partial charge in [0.15, 0.2) is 25.0 Å². The number of carbonyl (C=O) groups excluding carboxylic acids is 1. The summed E-state index contributed by atoms with van der Waals surface area (Å²) in [6, 6.07) is 0.149. The fourth-order valence-corrected chi connectivity index (χ4v) is 9.67. The summed E-state index contributed by atoms with van der Waals surface area (Å²) in [7, 11) is -5.18. The van der Waals surface area contributed by atoms with E-state index in [0.717, 1.165) is 18.6 Å². The summed E-state index contributed by atoms with van der Waals surface area (Å²) >= 11 is 1.82. The summed E-state index contributed by atoms with van der Waals surface area (Å²) < 4.78 is 68.6. The zero-order chi connectivity index (χ0) is 47.6. The number of carboxylic acids is 1. The van der Waals surface area contributed by atoms with E-state index in [1.54, 1.807) is 0 Å². The van der Waals surface area contributed by atoms with Crippen LogP contribution in [0.5, 0.6) is 0 Å². The number of carbonyl (C=O) groups is 2. The van der Waals surface area contributed by atoms with Gasteiger partial charge >= 0.3 is 81.5 Å². The van der Waals surface area contributed by atoms with Gasteiger partial charge in [-0.2, -0.15) is 20.2 Å². The molecular weight excluding hydrogens is 967 g/mol. The Balaban J connectivity index is 0.00000595. The number of aliphatic hydroxyl groups is 8. The van der Waals surface area contributed by atoms with Crippen molar-refractivity contribution in [2.75, 3.05) is 38.7 Å². The molecule has 0 saturated carbocycles. The molecule has 0 unspecified atom stereocenters. The topological polar surface area (TPSA) is 430 Å². The zero-order valence-corrected chi connectivity index (χ0v) is 42.4. The number of carboxylic acid groups (broad SMARTS) is 1. The van der Waals surface area contributed by atoms with Crippen molar-refractivity contribution < 1.29 is 170 Å². The molecule has 12 N–H and O–H groups in total. The molecule has 0 bridgehead atoms. The predicted molar refractivity (Wildman–Crippen MR) is 213 cm³/mol. The Kier molecular flexibility index (Phi) is 25.8. The van der Waals surface area contributed by atoms with Crippen molar-refractivity contribution in [2.45, 2.75) is 161 Å². The second-order valence-electron chi connectivity index (χ2n) is 16.0. The first-order valence-electron chi connectivity index (χ1n) is 21.0. The van der Waals surface area contributed by atoms with Crippen molar-refractivity contribution in [3.8, 4) is 0 Å². The van der Waals surface area contributed by atoms with E-state index >= 15 is 0 Å². The second kappa shape index (κ2) is 28.5. The second-order valence-corrected chi connectivity index (χ2v) is 18.3. The normalized spacial score (nSPS) is 38.0. The number of unbranched alkanes of at least 4 members (excludes halogenated alkanes) is 3. The van der Waals surface area contributed by atoms with Crippen molar-refractivity contribution in [2.24, 2.45) is 9.98 Å². The van der Waals surface area contributed by atoms with Gasteiger partial charge in [-0.05, 0) is 50.3 Å². The van der Waals surface area contributed by atoms with Gasteiger partial charge in [-0.15, -0.1) is 0 Å². The minimum atomic E-state index is -5.18. The number of ether oxygens (including phenoxy) is 6. The van der Waals surface area contributed by atoms with Crippen LogP contribution in [0.15, 0.2) is 9.98 Å². The SMILES string of the molecule is O=C1N[C@H]2[C@H](CS[C@H]2CCCCC([O-])=NCCCCCC([O-])=NCCO[C@@H]2O[C@H](CO)[C@H](O)[C@H](O[C@@H]3O[C@H](COS(=O)(=O)O)[C@H](O)[C@H](O[C@@H]4O[C@H](C(=O)O)[C@@H](O)[C@H](O)[C@H]4O)[C@H]3O)[C@H]2O)N1.[Na+].[Na+]. The first kappa shape index (κ1) is 60.6. The van der Waals surface area contributed by atoms with Crippen LogP contribution >= 0.6 is 11.8 Å². The van der Waals surface area contributed by atoms with Crippen LogP contribution in [-0.2, 0) is 47.8 Å². The van der Waals surface area contributed by atoms with Gasteiger partial charge in [0.1, 0.15) is 67.1 Å². The zero-order valence-electron chi connectivity index (χ0n) is 36.8. The van der Waals surface area contributed by atoms with E-state index in [1.807, 2.05) is 11.8 Å². The number of hydrogen-bond donors (Lipinski definition) is 12. The third-order valence-electron chi connectivity index (χ3n) is 11.3. The van der Waals surface area contributed by atoms with Gasteiger partial charge in [0.25, 0.3) is 0 Å². The molecule has 0 aromatic rings. The number of aliphatic hydroxyl groups excluding tert-OH is 8. The molecule has 0 spiro atoms. The summed E-state index contributed by atoms with van der Waals surface area (Å²) in [4.78, 5) is 31.1. The summed E-state index contributed by atoms with van der Waals surface area (Å²) in [6.45, 7) is -2.27. The molecule has 5 fully saturated rings. The Morgan fingerprint density at radius 2 is 1.33 bits per heavy atom. The van der Waals surface area contributed by atoms with Crippen molar-refractivity contribution in [3.63, 3.8) is 0 Å². The Bertz CT molecular complexity index is 1730. The monoisotopic (exact) mass is 1020 g/mol. The molecule has 374 valence electrons. The Morgan fingerprint density at radius 3 is 1.96 bits per heavy atom. The number of nitrogens with zero attached hydrogens (tertiary/aromatic N) is 2. The van der Waals surface area contributed by atoms with Crippen LogP contribution in [0.4, 0.5) is 4.79 Å². The number of hydrogen-bond acceptors (Lipinski definition) is 24. The quantitative estimate of drug-likeness (QED) is 0.0107. The maximum Gasteiger partial charge on any atom is 1.00 e. The third kappa shape index (κ3) is 17.2. The summed E-state index contributed by atoms with van der Waals surface area (Å²) in [5, 5.41) is 125. The Labute approximate surface area is 433 Å². The number of fused-ring (bicyclic) bond motifs is 1. The largest absolute Gasteiger partial charge is 1.00 e. The number of aliphatic imine (C=N–C) groups is 2. The average Bonchev–Trinajstić information content (AvgIpc) is 3.81. The average molecular weight is 1020 g/mol. The number of aliphatic carboxylic acids is 1. The summed E-state index contributed by atoms with van der Waals surface area (Å²) in [5.41, 5.74) is 0. The van der Waals surface area contributed by atoms with E-state index in [2.05, 4.69) is 24.8 Å². The molecule has 0 aromatic carbocycles. The Hall–Kier alpha value is -0.660. The summed E-state index contributed by atoms with van der Waals surface area (Å²) in [6.07, 6.45) is -25.8. The van der Waals surface area contributed by atoms with Gasteiger partial charge in [-0.3, -0.25) is 4.55 Å². The molecule has 5 saturated heterocycles. The van der Waals surface area contributed by atoms with Crippen molar-refractivity contribution in [1.29, 1.82) is 0 Å². The molecule has 0 radical (unpaired) electrons. The van der Waals surface area contributed by atoms with E-state index in [1.165, 1.54) is 0 Å². The molecule has 0 aromatic heterocycles. The molecule has 27 nitrogen and oxygen atoms in total. The van der Waals surface area contributed by atoms with Crippen LogP contribution < -0.4 is 80.0 Å². The maximum atomic E-state index is 12.4. The fraction of sp³-hybridized carbons (Fsp3) is 0.889. The van der Waals surface area contributed by atoms with E-state index in [-0.39, 0.29) is 103 Å². The standard InChI is InChI=1S/C36H60N4O23S2.2Na/c41-12-16-22(44)29(62-35-28(50)30(23(45)17(60-35)13-58-65(54,55)56)61-34-26(48)24(46)25(47)31(63-34)32(51)52)27(49)33(59-16)57-11-10-38-20(43)7-2-1-5-9-37-19(42)8-4-3-6-18-21-15(14-64-18)39-36(53)40-21;;/h15-18,21-31,33-35,41,44-50H,1-14H2,(H,37,42)(H,38,43)(H,51,52)(H2,39,40,53)(H,54,55,56);;/q;2*+1/p-2/t15-,16+,17+,18-,21-,22-,23-,24-,25-,26+,27+,28+,29-,30-,31-,33+,34+,35-;;/m0../s1. The molecule has 2 amide bonds. The first-order chi connectivity index (χ1) is 30.8. The molecule has 5 rings (SSSR count). The third-order valence-corrected chi connectivity index (χ3v) is 13.2. The molecule has 5 aliphatic rings. The number of rotatable bonds is 24. The minimum Gasteiger partial charge on any atom is -0.862 e. The number of nitrogens with one attached hydrogen (secondary N) is 2. The van der Waals surface area contributed by atoms with E-state index in [0.29, 0.717) is 43.9 Å².